The quantitative estimate of drug-likeness (QED) is 0.418. The Kier molecular flexibility index (Phi) is 8.09. The van der Waals surface area contributed by atoms with Gasteiger partial charge in [0.15, 0.2) is 23.2 Å². The van der Waals surface area contributed by atoms with Crippen LogP contribution >= 0.6 is 13.9 Å². The number of nitrogens with zero attached hydrogens (tertiary/aromatic N) is 4. The second-order valence-corrected chi connectivity index (χ2v) is 13.7. The number of hydrogen-bond donors (Lipinski definition) is 2. The Morgan fingerprint density at radius 1 is 1.10 bits per heavy atom. The Morgan fingerprint density at radius 2 is 1.95 bits per heavy atom. The van der Waals surface area contributed by atoms with Gasteiger partial charge in [-0.1, -0.05) is 18.2 Å². The first-order valence-corrected chi connectivity index (χ1v) is 16.9. The van der Waals surface area contributed by atoms with E-state index in [1.807, 2.05) is 6.07 Å². The molecule has 3 saturated heterocycles. The van der Waals surface area contributed by atoms with Crippen LogP contribution in [-0.4, -0.2) is 74.6 Å². The molecule has 3 aliphatic heterocycles. The van der Waals surface area contributed by atoms with Crippen LogP contribution in [0.2, 0.25) is 0 Å². The van der Waals surface area contributed by atoms with Crippen molar-refractivity contribution in [3.63, 3.8) is 0 Å². The molecule has 3 fully saturated rings. The molecular formula is C22H24N5O8P2S2+. The maximum absolute atomic E-state index is 12.7. The zero-order valence-corrected chi connectivity index (χ0v) is 23.7. The number of fused-ring (bicyclic) bond motifs is 5. The Bertz CT molecular complexity index is 1430. The highest BCUT2D eigenvalue weighted by Gasteiger charge is 2.44. The molecule has 2 N–H and O–H groups in total. The summed E-state index contributed by atoms with van der Waals surface area (Å²) in [5, 5.41) is 2.78. The van der Waals surface area contributed by atoms with E-state index in [1.54, 1.807) is 28.8 Å². The molecule has 5 heterocycles. The first-order chi connectivity index (χ1) is 18.8. The molecule has 17 heteroatoms. The molecule has 1 aromatic carbocycles. The van der Waals surface area contributed by atoms with Crippen molar-refractivity contribution in [2.75, 3.05) is 25.1 Å². The van der Waals surface area contributed by atoms with E-state index in [9.17, 15) is 9.69 Å². The van der Waals surface area contributed by atoms with Gasteiger partial charge in [-0.05, 0) is 23.9 Å². The van der Waals surface area contributed by atoms with Crippen molar-refractivity contribution in [1.82, 2.24) is 19.5 Å². The van der Waals surface area contributed by atoms with Gasteiger partial charge in [0.25, 0.3) is 5.91 Å². The molecule has 1 amide bonds. The molecule has 206 valence electrons. The zero-order chi connectivity index (χ0) is 27.0. The van der Waals surface area contributed by atoms with Crippen LogP contribution in [0.15, 0.2) is 43.0 Å². The number of ether oxygens (including phenoxy) is 2. The van der Waals surface area contributed by atoms with Crippen LogP contribution in [0.3, 0.4) is 0 Å². The number of imidazole rings is 1. The molecule has 7 atom stereocenters. The second-order valence-electron chi connectivity index (χ2n) is 9.10. The van der Waals surface area contributed by atoms with Gasteiger partial charge in [0.1, 0.15) is 25.1 Å². The lowest BCUT2D eigenvalue weighted by molar-refractivity contribution is -0.0447. The van der Waals surface area contributed by atoms with E-state index in [1.165, 1.54) is 12.7 Å². The molecular weight excluding hydrogens is 588 g/mol. The third-order valence-electron chi connectivity index (χ3n) is 6.38. The fourth-order valence-electron chi connectivity index (χ4n) is 4.60. The minimum atomic E-state index is -3.66. The van der Waals surface area contributed by atoms with Crippen LogP contribution in [0.1, 0.15) is 29.4 Å². The van der Waals surface area contributed by atoms with E-state index in [4.69, 9.17) is 51.2 Å². The lowest BCUT2D eigenvalue weighted by Gasteiger charge is -2.25. The predicted molar refractivity (Wildman–Crippen MR) is 145 cm³/mol. The molecule has 3 aliphatic rings. The van der Waals surface area contributed by atoms with Gasteiger partial charge >= 0.3 is 13.9 Å². The number of benzene rings is 1. The average molecular weight is 613 g/mol. The van der Waals surface area contributed by atoms with Gasteiger partial charge in [-0.25, -0.2) is 15.0 Å². The summed E-state index contributed by atoms with van der Waals surface area (Å²) in [6, 6.07) is 8.76. The zero-order valence-electron chi connectivity index (χ0n) is 20.3. The largest absolute Gasteiger partial charge is 0.522 e. The third-order valence-corrected chi connectivity index (χ3v) is 9.37. The Labute approximate surface area is 234 Å². The van der Waals surface area contributed by atoms with Crippen molar-refractivity contribution in [2.45, 2.75) is 43.5 Å². The van der Waals surface area contributed by atoms with E-state index in [2.05, 4.69) is 20.3 Å². The summed E-state index contributed by atoms with van der Waals surface area (Å²) in [5.74, 6) is -0.0996. The summed E-state index contributed by atoms with van der Waals surface area (Å²) in [6.07, 6.45) is 1.22. The van der Waals surface area contributed by atoms with E-state index in [0.29, 0.717) is 36.2 Å². The minimum Gasteiger partial charge on any atom is -0.373 e. The van der Waals surface area contributed by atoms with E-state index < -0.39 is 32.3 Å². The molecule has 7 unspecified atom stereocenters. The van der Waals surface area contributed by atoms with Crippen molar-refractivity contribution in [3.8, 4) is 0 Å². The van der Waals surface area contributed by atoms with Gasteiger partial charge in [-0.3, -0.25) is 9.36 Å². The molecule has 3 aromatic rings. The lowest BCUT2D eigenvalue weighted by Crippen LogP contribution is -2.23. The van der Waals surface area contributed by atoms with Gasteiger partial charge in [0.05, 0.1) is 31.7 Å². The maximum Gasteiger partial charge on any atom is 0.522 e. The van der Waals surface area contributed by atoms with Gasteiger partial charge in [-0.15, -0.1) is 9.05 Å². The Hall–Kier alpha value is -1.87. The molecule has 4 bridgehead atoms. The smallest absolute Gasteiger partial charge is 0.373 e. The van der Waals surface area contributed by atoms with Crippen molar-refractivity contribution in [1.29, 1.82) is 0 Å². The van der Waals surface area contributed by atoms with Crippen LogP contribution in [-0.2, 0) is 51.2 Å². The SMILES string of the molecule is O=C(Nc1ncnc2c1ncn2C1OC2CO[P+](=S)OC3COC(COP(O)(=S)OC1C2)C3)c1ccccc1. The summed E-state index contributed by atoms with van der Waals surface area (Å²) >= 11 is 10.7. The highest BCUT2D eigenvalue weighted by molar-refractivity contribution is 8.07. The summed E-state index contributed by atoms with van der Waals surface area (Å²) in [4.78, 5) is 36.6. The Balaban J connectivity index is 1.27. The van der Waals surface area contributed by atoms with E-state index >= 15 is 0 Å². The van der Waals surface area contributed by atoms with Crippen molar-refractivity contribution in [2.24, 2.45) is 0 Å². The molecule has 0 radical (unpaired) electrons. The number of carbonyl (C=O) groups is 1. The average Bonchev–Trinajstić information content (AvgIpc) is 3.65. The van der Waals surface area contributed by atoms with Crippen LogP contribution in [0.25, 0.3) is 11.2 Å². The minimum absolute atomic E-state index is 0.0528. The highest BCUT2D eigenvalue weighted by Crippen LogP contribution is 2.50. The first kappa shape index (κ1) is 27.3. The number of anilines is 1. The van der Waals surface area contributed by atoms with Crippen molar-refractivity contribution >= 4 is 60.4 Å². The normalized spacial score (nSPS) is 32.6. The lowest BCUT2D eigenvalue weighted by atomic mass is 10.2. The Morgan fingerprint density at radius 3 is 2.79 bits per heavy atom. The van der Waals surface area contributed by atoms with Crippen LogP contribution in [0.5, 0.6) is 0 Å². The molecule has 2 aromatic heterocycles. The summed E-state index contributed by atoms with van der Waals surface area (Å²) in [5.41, 5.74) is 1.21. The highest BCUT2D eigenvalue weighted by atomic mass is 32.5. The monoisotopic (exact) mass is 612 g/mol. The maximum atomic E-state index is 12.7. The number of aromatic nitrogens is 4. The molecule has 0 saturated carbocycles. The fourth-order valence-corrected chi connectivity index (χ4v) is 7.35. The summed E-state index contributed by atoms with van der Waals surface area (Å²) < 4.78 is 36.8. The van der Waals surface area contributed by atoms with Gasteiger partial charge in [-0.2, -0.15) is 0 Å². The number of nitrogens with one attached hydrogen (secondary N) is 1. The van der Waals surface area contributed by atoms with Crippen LogP contribution in [0, 0.1) is 0 Å². The number of amides is 1. The predicted octanol–water partition coefficient (Wildman–Crippen LogP) is 2.96. The van der Waals surface area contributed by atoms with Gasteiger partial charge in [0.2, 0.25) is 11.8 Å². The molecule has 0 aliphatic carbocycles. The van der Waals surface area contributed by atoms with Crippen LogP contribution in [0.4, 0.5) is 5.82 Å². The number of hydrogen-bond acceptors (Lipinski definition) is 12. The first-order valence-electron chi connectivity index (χ1n) is 12.1. The van der Waals surface area contributed by atoms with E-state index in [0.717, 1.165) is 0 Å². The van der Waals surface area contributed by atoms with Gasteiger partial charge in [0, 0.05) is 18.4 Å². The number of rotatable bonds is 3. The third kappa shape index (κ3) is 6.24. The topological polar surface area (TPSA) is 148 Å². The molecule has 6 rings (SSSR count). The molecule has 13 nitrogen and oxygen atoms in total. The van der Waals surface area contributed by atoms with E-state index in [-0.39, 0.29) is 37.1 Å². The van der Waals surface area contributed by atoms with Crippen molar-refractivity contribution in [3.05, 3.63) is 48.5 Å². The number of carbonyl (C=O) groups excluding carboxylic acids is 1. The van der Waals surface area contributed by atoms with Crippen LogP contribution < -0.4 is 5.32 Å². The molecule has 39 heavy (non-hydrogen) atoms. The molecule has 0 spiro atoms. The summed E-state index contributed by atoms with van der Waals surface area (Å²) in [7, 11) is -1.57. The summed E-state index contributed by atoms with van der Waals surface area (Å²) in [6.45, 7) is -3.10. The second kappa shape index (κ2) is 11.6. The van der Waals surface area contributed by atoms with Crippen molar-refractivity contribution < 1.29 is 37.3 Å². The fraction of sp³-hybridized carbons (Fsp3) is 0.455. The van der Waals surface area contributed by atoms with Gasteiger partial charge < -0.3 is 28.7 Å². The standard InChI is InChI=1S/C22H23N5O8P2S2/c28-21(13-4-2-1-3-5-13)26-19-18-20(24-11-23-19)27(12-25-18)22-17-7-15(33-22)9-31-36(38)34-16-6-14(30-8-16)10-32-37(29,39)35-17/h1-5,11-12,14-17,22H,6-10H2,(H-,23,24,26,28,29,39)/p+1.